The van der Waals surface area contributed by atoms with Gasteiger partial charge in [0.15, 0.2) is 0 Å². The van der Waals surface area contributed by atoms with Crippen LogP contribution in [-0.2, 0) is 0 Å². The molecule has 4 N–H and O–H groups in total. The van der Waals surface area contributed by atoms with Crippen LogP contribution >= 0.6 is 0 Å². The second kappa shape index (κ2) is 11.6. The van der Waals surface area contributed by atoms with Gasteiger partial charge in [-0.1, -0.05) is 12.1 Å². The molecule has 0 aliphatic carbocycles. The molecule has 0 bridgehead atoms. The Bertz CT molecular complexity index is 1210. The van der Waals surface area contributed by atoms with Crippen LogP contribution in [0.3, 0.4) is 0 Å². The molecule has 1 fully saturated rings. The number of pyridine rings is 1. The van der Waals surface area contributed by atoms with E-state index in [2.05, 4.69) is 54.7 Å². The number of rotatable bonds is 9. The highest BCUT2D eigenvalue weighted by molar-refractivity contribution is 5.99. The number of aryl methyl sites for hydroxylation is 1. The van der Waals surface area contributed by atoms with E-state index < -0.39 is 0 Å². The summed E-state index contributed by atoms with van der Waals surface area (Å²) in [6.45, 7) is 7.82. The number of hydrogen-bond donors (Lipinski definition) is 4. The third-order valence-electron chi connectivity index (χ3n) is 5.80. The molecule has 10 heteroatoms. The van der Waals surface area contributed by atoms with Gasteiger partial charge in [-0.3, -0.25) is 4.79 Å². The van der Waals surface area contributed by atoms with E-state index in [-0.39, 0.29) is 29.1 Å². The number of piperidine rings is 1. The first-order valence-electron chi connectivity index (χ1n) is 11.9. The van der Waals surface area contributed by atoms with E-state index in [0.29, 0.717) is 24.1 Å². The molecule has 36 heavy (non-hydrogen) atoms. The maximum Gasteiger partial charge on any atom is 0.256 e. The van der Waals surface area contributed by atoms with E-state index in [0.717, 1.165) is 37.3 Å². The fourth-order valence-electron chi connectivity index (χ4n) is 3.97. The van der Waals surface area contributed by atoms with Crippen molar-refractivity contribution in [3.05, 3.63) is 72.2 Å². The molecule has 0 unspecified atom stereocenters. The number of halogens is 1. The molecular formula is C26H31FN8O. The van der Waals surface area contributed by atoms with Gasteiger partial charge in [0, 0.05) is 24.5 Å². The Morgan fingerprint density at radius 1 is 1.17 bits per heavy atom. The Balaban J connectivity index is 1.57. The van der Waals surface area contributed by atoms with Crippen molar-refractivity contribution in [1.29, 1.82) is 0 Å². The Morgan fingerprint density at radius 3 is 2.69 bits per heavy atom. The van der Waals surface area contributed by atoms with Crippen molar-refractivity contribution in [3.63, 3.8) is 0 Å². The number of amides is 1. The van der Waals surface area contributed by atoms with E-state index >= 15 is 0 Å². The Kier molecular flexibility index (Phi) is 8.06. The molecule has 0 saturated carbocycles. The molecule has 2 aromatic heterocycles. The highest BCUT2D eigenvalue weighted by Gasteiger charge is 2.18. The fraction of sp³-hybridized carbons (Fsp3) is 0.308. The summed E-state index contributed by atoms with van der Waals surface area (Å²) in [5.74, 6) is 1.03. The van der Waals surface area contributed by atoms with Crippen molar-refractivity contribution in [2.45, 2.75) is 25.8 Å². The molecule has 0 radical (unpaired) electrons. The first-order valence-corrected chi connectivity index (χ1v) is 11.9. The van der Waals surface area contributed by atoms with Crippen LogP contribution < -0.4 is 21.3 Å². The lowest BCUT2D eigenvalue weighted by Gasteiger charge is -2.29. The van der Waals surface area contributed by atoms with Gasteiger partial charge in [-0.15, -0.1) is 6.58 Å². The Hall–Kier alpha value is -4.05. The smallest absolute Gasteiger partial charge is 0.256 e. The van der Waals surface area contributed by atoms with Crippen molar-refractivity contribution < 1.29 is 9.18 Å². The quantitative estimate of drug-likeness (QED) is 0.330. The van der Waals surface area contributed by atoms with Crippen LogP contribution in [0, 0.1) is 12.7 Å². The minimum atomic E-state index is -0.366. The van der Waals surface area contributed by atoms with Crippen LogP contribution in [-0.4, -0.2) is 58.5 Å². The molecule has 3 heterocycles. The Labute approximate surface area is 210 Å². The number of hydrogen-bond acceptors (Lipinski definition) is 8. The topological polar surface area (TPSA) is 107 Å². The summed E-state index contributed by atoms with van der Waals surface area (Å²) < 4.78 is 13.8. The third kappa shape index (κ3) is 6.76. The zero-order valence-corrected chi connectivity index (χ0v) is 20.5. The average Bonchev–Trinajstić information content (AvgIpc) is 2.84. The molecule has 4 rings (SSSR count). The molecular weight excluding hydrogens is 459 g/mol. The zero-order valence-electron chi connectivity index (χ0n) is 20.5. The van der Waals surface area contributed by atoms with E-state index in [1.807, 2.05) is 12.1 Å². The third-order valence-corrected chi connectivity index (χ3v) is 5.80. The molecule has 3 aromatic rings. The van der Waals surface area contributed by atoms with E-state index in [9.17, 15) is 9.18 Å². The predicted octanol–water partition coefficient (Wildman–Crippen LogP) is 4.23. The van der Waals surface area contributed by atoms with E-state index in [1.165, 1.54) is 18.3 Å². The van der Waals surface area contributed by atoms with Crippen LogP contribution in [0.4, 0.5) is 33.5 Å². The molecule has 9 nitrogen and oxygen atoms in total. The van der Waals surface area contributed by atoms with Gasteiger partial charge < -0.3 is 26.2 Å². The number of nitrogens with zero attached hydrogens (tertiary/aromatic N) is 4. The summed E-state index contributed by atoms with van der Waals surface area (Å²) in [4.78, 5) is 28.5. The first-order chi connectivity index (χ1) is 17.4. The Morgan fingerprint density at radius 2 is 1.94 bits per heavy atom. The highest BCUT2D eigenvalue weighted by Crippen LogP contribution is 2.23. The zero-order chi connectivity index (χ0) is 25.5. The first kappa shape index (κ1) is 25.1. The summed E-state index contributed by atoms with van der Waals surface area (Å²) in [5.41, 5.74) is 1.51. The van der Waals surface area contributed by atoms with Gasteiger partial charge in [-0.2, -0.15) is 4.98 Å². The standard InChI is InChI=1S/C26H31FN8O/c1-4-10-28-25(36)21-16-29-26(31-20-14-17(2)13-18(27)15-20)34-24(21)33-23-7-5-6-22(32-23)30-19-8-11-35(3)12-9-19/h4-7,13-16,19H,1,8-12H2,2-3H3,(H,28,36)(H3,29,30,31,32,33,34). The maximum atomic E-state index is 13.8. The van der Waals surface area contributed by atoms with Crippen LogP contribution in [0.25, 0.3) is 0 Å². The second-order valence-corrected chi connectivity index (χ2v) is 8.85. The normalized spacial score (nSPS) is 14.2. The van der Waals surface area contributed by atoms with Gasteiger partial charge in [0.2, 0.25) is 5.95 Å². The maximum absolute atomic E-state index is 13.8. The average molecular weight is 491 g/mol. The van der Waals surface area contributed by atoms with Crippen molar-refractivity contribution in [3.8, 4) is 0 Å². The van der Waals surface area contributed by atoms with Gasteiger partial charge >= 0.3 is 0 Å². The fourth-order valence-corrected chi connectivity index (χ4v) is 3.97. The predicted molar refractivity (Wildman–Crippen MR) is 141 cm³/mol. The van der Waals surface area contributed by atoms with Gasteiger partial charge in [-0.25, -0.2) is 14.4 Å². The summed E-state index contributed by atoms with van der Waals surface area (Å²) in [5, 5.41) is 12.4. The largest absolute Gasteiger partial charge is 0.367 e. The van der Waals surface area contributed by atoms with Crippen molar-refractivity contribution in [1.82, 2.24) is 25.2 Å². The molecule has 1 amide bonds. The van der Waals surface area contributed by atoms with Crippen molar-refractivity contribution in [2.75, 3.05) is 42.6 Å². The molecule has 0 spiro atoms. The van der Waals surface area contributed by atoms with Gasteiger partial charge in [0.25, 0.3) is 5.91 Å². The van der Waals surface area contributed by atoms with Crippen LogP contribution in [0.1, 0.15) is 28.8 Å². The molecule has 188 valence electrons. The van der Waals surface area contributed by atoms with Crippen LogP contribution in [0.15, 0.2) is 55.3 Å². The van der Waals surface area contributed by atoms with Crippen LogP contribution in [0.2, 0.25) is 0 Å². The van der Waals surface area contributed by atoms with Crippen LogP contribution in [0.5, 0.6) is 0 Å². The number of benzene rings is 1. The minimum absolute atomic E-state index is 0.211. The molecule has 1 aromatic carbocycles. The van der Waals surface area contributed by atoms with Gasteiger partial charge in [0.1, 0.15) is 28.8 Å². The van der Waals surface area contributed by atoms with Gasteiger partial charge in [0.05, 0.1) is 0 Å². The summed E-state index contributed by atoms with van der Waals surface area (Å²) in [6.07, 6.45) is 5.10. The van der Waals surface area contributed by atoms with Gasteiger partial charge in [-0.05, 0) is 75.8 Å². The number of aromatic nitrogens is 3. The molecule has 1 saturated heterocycles. The number of likely N-dealkylation sites (tertiary alicyclic amines) is 1. The number of carbonyl (C=O) groups excluding carboxylic acids is 1. The van der Waals surface area contributed by atoms with Crippen molar-refractivity contribution >= 4 is 35.0 Å². The highest BCUT2D eigenvalue weighted by atomic mass is 19.1. The second-order valence-electron chi connectivity index (χ2n) is 8.85. The molecule has 1 aliphatic rings. The lowest BCUT2D eigenvalue weighted by atomic mass is 10.1. The number of anilines is 5. The van der Waals surface area contributed by atoms with E-state index in [4.69, 9.17) is 0 Å². The number of carbonyl (C=O) groups is 1. The minimum Gasteiger partial charge on any atom is -0.367 e. The molecule has 0 atom stereocenters. The SMILES string of the molecule is C=CCNC(=O)c1cnc(Nc2cc(C)cc(F)c2)nc1Nc1cccc(NC2CCN(C)CC2)n1. The van der Waals surface area contributed by atoms with Crippen molar-refractivity contribution in [2.24, 2.45) is 0 Å². The number of nitrogens with one attached hydrogen (secondary N) is 4. The summed E-state index contributed by atoms with van der Waals surface area (Å²) in [7, 11) is 2.13. The van der Waals surface area contributed by atoms with E-state index in [1.54, 1.807) is 25.1 Å². The summed E-state index contributed by atoms with van der Waals surface area (Å²) in [6, 6.07) is 10.5. The molecule has 1 aliphatic heterocycles. The lowest BCUT2D eigenvalue weighted by Crippen LogP contribution is -2.36. The lowest BCUT2D eigenvalue weighted by molar-refractivity contribution is 0.0958. The summed E-state index contributed by atoms with van der Waals surface area (Å²) >= 11 is 0. The monoisotopic (exact) mass is 490 g/mol.